The molecular weight excluding hydrogens is 811 g/mol. The van der Waals surface area contributed by atoms with Crippen LogP contribution in [0.15, 0.2) is 237 Å². The molecule has 2 heterocycles. The van der Waals surface area contributed by atoms with Gasteiger partial charge in [-0.2, -0.15) is 0 Å². The Labute approximate surface area is 380 Å². The Morgan fingerprint density at radius 2 is 0.734 bits per heavy atom. The molecule has 0 fully saturated rings. The van der Waals surface area contributed by atoms with Crippen molar-refractivity contribution in [3.05, 3.63) is 259 Å². The van der Waals surface area contributed by atoms with Gasteiger partial charge in [0.05, 0.1) is 5.41 Å². The molecule has 10 aromatic carbocycles. The third-order valence-electron chi connectivity index (χ3n) is 13.4. The smallest absolute Gasteiger partial charge is 0.0713 e. The summed E-state index contributed by atoms with van der Waals surface area (Å²) in [5, 5.41) is 5.26. The van der Waals surface area contributed by atoms with E-state index in [0.29, 0.717) is 0 Å². The van der Waals surface area contributed by atoms with Crippen molar-refractivity contribution in [2.45, 2.75) is 5.41 Å². The Kier molecular flexibility index (Phi) is 8.55. The molecule has 12 aromatic rings. The number of nitrogens with zero attached hydrogens (tertiary/aromatic N) is 1. The summed E-state index contributed by atoms with van der Waals surface area (Å²) in [6, 6.07) is 87.8. The summed E-state index contributed by atoms with van der Waals surface area (Å²) in [5.41, 5.74) is 15.4. The van der Waals surface area contributed by atoms with E-state index in [0.717, 1.165) is 17.1 Å². The van der Waals surface area contributed by atoms with Crippen LogP contribution in [0.25, 0.3) is 73.7 Å². The first-order valence-corrected chi connectivity index (χ1v) is 23.5. The van der Waals surface area contributed by atoms with Crippen LogP contribution in [0.1, 0.15) is 22.3 Å². The second-order valence-electron chi connectivity index (χ2n) is 16.8. The second kappa shape index (κ2) is 14.8. The molecule has 3 heteroatoms. The van der Waals surface area contributed by atoms with Crippen LogP contribution < -0.4 is 4.90 Å². The van der Waals surface area contributed by atoms with Crippen LogP contribution in [0, 0.1) is 0 Å². The van der Waals surface area contributed by atoms with Gasteiger partial charge in [-0.25, -0.2) is 0 Å². The molecule has 0 saturated heterocycles. The first kappa shape index (κ1) is 37.0. The standard InChI is InChI=1S/C61H39NS2/c1-2-14-44(15-3-1)61(55-21-8-4-17-49(55)50-18-5-9-22-56(50)61)45-29-33-47(34-30-45)62(46-31-25-40(26-32-46)42-27-35-59-53(38-42)51-19-6-10-23-57(51)63-59)48-16-12-13-41(37-48)43-28-36-60-54(39-43)52-20-7-11-24-58(52)64-60/h1-39H. The number of fused-ring (bicyclic) bond motifs is 9. The predicted octanol–water partition coefficient (Wildman–Crippen LogP) is 17.6. The lowest BCUT2D eigenvalue weighted by Crippen LogP contribution is -2.28. The topological polar surface area (TPSA) is 3.24 Å². The van der Waals surface area contributed by atoms with Gasteiger partial charge in [-0.1, -0.05) is 164 Å². The molecule has 0 radical (unpaired) electrons. The van der Waals surface area contributed by atoms with Gasteiger partial charge in [0.1, 0.15) is 0 Å². The summed E-state index contributed by atoms with van der Waals surface area (Å²) in [5.74, 6) is 0. The van der Waals surface area contributed by atoms with Crippen LogP contribution in [0.2, 0.25) is 0 Å². The molecular formula is C61H39NS2. The maximum Gasteiger partial charge on any atom is 0.0713 e. The maximum absolute atomic E-state index is 2.41. The van der Waals surface area contributed by atoms with Crippen molar-refractivity contribution in [3.63, 3.8) is 0 Å². The van der Waals surface area contributed by atoms with E-state index in [1.54, 1.807) is 0 Å². The zero-order valence-electron chi connectivity index (χ0n) is 34.8. The molecule has 0 bridgehead atoms. The van der Waals surface area contributed by atoms with Crippen LogP contribution in [0.5, 0.6) is 0 Å². The van der Waals surface area contributed by atoms with Crippen LogP contribution >= 0.6 is 22.7 Å². The number of rotatable bonds is 7. The lowest BCUT2D eigenvalue weighted by Gasteiger charge is -2.34. The molecule has 0 spiro atoms. The van der Waals surface area contributed by atoms with Crippen LogP contribution in [-0.2, 0) is 5.41 Å². The second-order valence-corrected chi connectivity index (χ2v) is 19.0. The molecule has 1 nitrogen and oxygen atoms in total. The Morgan fingerprint density at radius 1 is 0.281 bits per heavy atom. The predicted molar refractivity (Wildman–Crippen MR) is 275 cm³/mol. The molecule has 0 aliphatic heterocycles. The van der Waals surface area contributed by atoms with E-state index in [2.05, 4.69) is 241 Å². The zero-order valence-corrected chi connectivity index (χ0v) is 36.4. The van der Waals surface area contributed by atoms with E-state index < -0.39 is 5.41 Å². The number of anilines is 3. The van der Waals surface area contributed by atoms with Crippen LogP contribution in [-0.4, -0.2) is 0 Å². The fourth-order valence-electron chi connectivity index (χ4n) is 10.5. The Morgan fingerprint density at radius 3 is 1.34 bits per heavy atom. The minimum atomic E-state index is -0.460. The van der Waals surface area contributed by atoms with Gasteiger partial charge in [-0.05, 0) is 128 Å². The molecule has 1 aliphatic rings. The molecule has 1 aliphatic carbocycles. The zero-order chi connectivity index (χ0) is 42.2. The summed E-state index contributed by atoms with van der Waals surface area (Å²) in [6.07, 6.45) is 0. The number of benzene rings is 10. The molecule has 300 valence electrons. The van der Waals surface area contributed by atoms with E-state index in [1.807, 2.05) is 22.7 Å². The van der Waals surface area contributed by atoms with Crippen molar-refractivity contribution in [1.82, 2.24) is 0 Å². The summed E-state index contributed by atoms with van der Waals surface area (Å²) in [7, 11) is 0. The molecule has 64 heavy (non-hydrogen) atoms. The number of hydrogen-bond acceptors (Lipinski definition) is 3. The fraction of sp³-hybridized carbons (Fsp3) is 0.0164. The molecule has 2 aromatic heterocycles. The van der Waals surface area contributed by atoms with E-state index in [-0.39, 0.29) is 0 Å². The average Bonchev–Trinajstić information content (AvgIpc) is 4.03. The maximum atomic E-state index is 2.41. The van der Waals surface area contributed by atoms with E-state index in [4.69, 9.17) is 0 Å². The Balaban J connectivity index is 0.953. The summed E-state index contributed by atoms with van der Waals surface area (Å²) < 4.78 is 5.29. The molecule has 0 amide bonds. The van der Waals surface area contributed by atoms with Gasteiger partial charge in [-0.15, -0.1) is 22.7 Å². The van der Waals surface area contributed by atoms with Crippen molar-refractivity contribution in [3.8, 4) is 33.4 Å². The van der Waals surface area contributed by atoms with Gasteiger partial charge >= 0.3 is 0 Å². The summed E-state index contributed by atoms with van der Waals surface area (Å²) >= 11 is 3.72. The van der Waals surface area contributed by atoms with Gasteiger partial charge in [0, 0.05) is 57.4 Å². The van der Waals surface area contributed by atoms with Crippen molar-refractivity contribution in [2.24, 2.45) is 0 Å². The van der Waals surface area contributed by atoms with Gasteiger partial charge in [0.2, 0.25) is 0 Å². The summed E-state index contributed by atoms with van der Waals surface area (Å²) in [6.45, 7) is 0. The van der Waals surface area contributed by atoms with Gasteiger partial charge in [0.25, 0.3) is 0 Å². The molecule has 0 unspecified atom stereocenters. The van der Waals surface area contributed by atoms with Crippen molar-refractivity contribution >= 4 is 80.1 Å². The largest absolute Gasteiger partial charge is 0.310 e. The van der Waals surface area contributed by atoms with Gasteiger partial charge < -0.3 is 4.90 Å². The van der Waals surface area contributed by atoms with E-state index in [1.165, 1.54) is 96.0 Å². The molecule has 13 rings (SSSR count). The molecule has 0 N–H and O–H groups in total. The van der Waals surface area contributed by atoms with Gasteiger partial charge in [0.15, 0.2) is 0 Å². The van der Waals surface area contributed by atoms with Crippen molar-refractivity contribution in [2.75, 3.05) is 4.90 Å². The quantitative estimate of drug-likeness (QED) is 0.154. The minimum absolute atomic E-state index is 0.460. The van der Waals surface area contributed by atoms with Crippen molar-refractivity contribution < 1.29 is 0 Å². The Bertz CT molecular complexity index is 3680. The normalized spacial score (nSPS) is 12.8. The molecule has 0 atom stereocenters. The SMILES string of the molecule is c1ccc(C2(c3ccc(N(c4ccc(-c5ccc6sc7ccccc7c6c5)cc4)c4cccc(-c5ccc6sc7ccccc7c6c5)c4)cc3)c3ccccc3-c3ccccc32)cc1. The first-order valence-electron chi connectivity index (χ1n) is 21.9. The monoisotopic (exact) mass is 849 g/mol. The highest BCUT2D eigenvalue weighted by Gasteiger charge is 2.45. The average molecular weight is 850 g/mol. The minimum Gasteiger partial charge on any atom is -0.310 e. The van der Waals surface area contributed by atoms with E-state index in [9.17, 15) is 0 Å². The van der Waals surface area contributed by atoms with Crippen LogP contribution in [0.3, 0.4) is 0 Å². The van der Waals surface area contributed by atoms with Crippen LogP contribution in [0.4, 0.5) is 17.1 Å². The summed E-state index contributed by atoms with van der Waals surface area (Å²) in [4.78, 5) is 2.41. The highest BCUT2D eigenvalue weighted by Crippen LogP contribution is 2.56. The number of hydrogen-bond donors (Lipinski definition) is 0. The highest BCUT2D eigenvalue weighted by atomic mass is 32.1. The highest BCUT2D eigenvalue weighted by molar-refractivity contribution is 7.26. The lowest BCUT2D eigenvalue weighted by molar-refractivity contribution is 0.768. The lowest BCUT2D eigenvalue weighted by atomic mass is 9.68. The van der Waals surface area contributed by atoms with Gasteiger partial charge in [-0.3, -0.25) is 0 Å². The molecule has 0 saturated carbocycles. The first-order chi connectivity index (χ1) is 31.7. The van der Waals surface area contributed by atoms with Crippen molar-refractivity contribution in [1.29, 1.82) is 0 Å². The third-order valence-corrected chi connectivity index (χ3v) is 15.7. The fourth-order valence-corrected chi connectivity index (χ4v) is 12.6. The third kappa shape index (κ3) is 5.75. The number of thiophene rings is 2. The van der Waals surface area contributed by atoms with E-state index >= 15 is 0 Å². The Hall–Kier alpha value is -7.56.